The lowest BCUT2D eigenvalue weighted by atomic mass is 9.80. The van der Waals surface area contributed by atoms with Gasteiger partial charge in [0.2, 0.25) is 0 Å². The Labute approximate surface area is 102 Å². The number of hydrogen-bond acceptors (Lipinski definition) is 3. The molecule has 3 nitrogen and oxygen atoms in total. The van der Waals surface area contributed by atoms with Crippen LogP contribution >= 0.6 is 0 Å². The molecule has 0 aromatic carbocycles. The van der Waals surface area contributed by atoms with E-state index in [9.17, 15) is 0 Å². The molecule has 2 aromatic heterocycles. The summed E-state index contributed by atoms with van der Waals surface area (Å²) in [4.78, 5) is 4.26. The summed E-state index contributed by atoms with van der Waals surface area (Å²) in [7, 11) is 0. The highest BCUT2D eigenvalue weighted by atomic mass is 16.5. The van der Waals surface area contributed by atoms with E-state index in [1.54, 1.807) is 6.20 Å². The van der Waals surface area contributed by atoms with Crippen LogP contribution in [-0.4, -0.2) is 10.1 Å². The standard InChI is InChI=1S/C14H18N2O/c1-10(14(2,3)4)13-9-12(16-17-13)11-7-5-6-8-15-11/h5-10H,1-4H3/t10-/m1/s1. The van der Waals surface area contributed by atoms with E-state index in [-0.39, 0.29) is 5.41 Å². The molecule has 0 aliphatic carbocycles. The van der Waals surface area contributed by atoms with Crippen LogP contribution in [0.15, 0.2) is 35.0 Å². The molecule has 0 aliphatic heterocycles. The van der Waals surface area contributed by atoms with Crippen molar-refractivity contribution < 1.29 is 4.52 Å². The fourth-order valence-electron chi connectivity index (χ4n) is 1.56. The van der Waals surface area contributed by atoms with Crippen LogP contribution in [0.4, 0.5) is 0 Å². The van der Waals surface area contributed by atoms with Crippen molar-refractivity contribution in [2.45, 2.75) is 33.6 Å². The van der Waals surface area contributed by atoms with Gasteiger partial charge in [-0.05, 0) is 17.5 Å². The molecule has 2 rings (SSSR count). The largest absolute Gasteiger partial charge is 0.360 e. The molecule has 2 aromatic rings. The molecule has 0 spiro atoms. The molecule has 0 saturated carbocycles. The molecule has 3 heteroatoms. The summed E-state index contributed by atoms with van der Waals surface area (Å²) in [6.45, 7) is 8.74. The smallest absolute Gasteiger partial charge is 0.140 e. The van der Waals surface area contributed by atoms with Gasteiger partial charge in [-0.15, -0.1) is 0 Å². The minimum Gasteiger partial charge on any atom is -0.360 e. The molecule has 17 heavy (non-hydrogen) atoms. The molecule has 0 fully saturated rings. The van der Waals surface area contributed by atoms with Crippen LogP contribution in [0.2, 0.25) is 0 Å². The summed E-state index contributed by atoms with van der Waals surface area (Å²) < 4.78 is 5.42. The lowest BCUT2D eigenvalue weighted by Crippen LogP contribution is -2.14. The van der Waals surface area contributed by atoms with Gasteiger partial charge in [-0.25, -0.2) is 0 Å². The monoisotopic (exact) mass is 230 g/mol. The first-order chi connectivity index (χ1) is 7.98. The van der Waals surface area contributed by atoms with Gasteiger partial charge in [-0.2, -0.15) is 0 Å². The lowest BCUT2D eigenvalue weighted by molar-refractivity contribution is 0.269. The van der Waals surface area contributed by atoms with Crippen molar-refractivity contribution in [2.75, 3.05) is 0 Å². The van der Waals surface area contributed by atoms with Crippen molar-refractivity contribution in [3.8, 4) is 11.4 Å². The highest BCUT2D eigenvalue weighted by molar-refractivity contribution is 5.53. The van der Waals surface area contributed by atoms with Crippen LogP contribution in [0.1, 0.15) is 39.4 Å². The van der Waals surface area contributed by atoms with E-state index in [0.717, 1.165) is 17.1 Å². The first-order valence-corrected chi connectivity index (χ1v) is 5.86. The molecule has 0 saturated heterocycles. The maximum absolute atomic E-state index is 5.42. The van der Waals surface area contributed by atoms with Crippen molar-refractivity contribution >= 4 is 0 Å². The predicted molar refractivity (Wildman–Crippen MR) is 67.6 cm³/mol. The molecule has 0 N–H and O–H groups in total. The zero-order valence-corrected chi connectivity index (χ0v) is 10.8. The van der Waals surface area contributed by atoms with Crippen LogP contribution in [-0.2, 0) is 0 Å². The summed E-state index contributed by atoms with van der Waals surface area (Å²) in [5, 5.41) is 4.08. The fourth-order valence-corrected chi connectivity index (χ4v) is 1.56. The maximum atomic E-state index is 5.42. The van der Waals surface area contributed by atoms with Gasteiger partial charge < -0.3 is 4.52 Å². The number of nitrogens with zero attached hydrogens (tertiary/aromatic N) is 2. The van der Waals surface area contributed by atoms with Crippen molar-refractivity contribution in [2.24, 2.45) is 5.41 Å². The second kappa shape index (κ2) is 4.32. The second-order valence-corrected chi connectivity index (χ2v) is 5.42. The van der Waals surface area contributed by atoms with Crippen LogP contribution in [0.25, 0.3) is 11.4 Å². The molecule has 0 unspecified atom stereocenters. The Balaban J connectivity index is 2.28. The Bertz CT molecular complexity index is 482. The molecule has 0 bridgehead atoms. The Morgan fingerprint density at radius 3 is 2.53 bits per heavy atom. The molecule has 90 valence electrons. The van der Waals surface area contributed by atoms with Crippen LogP contribution in [0.3, 0.4) is 0 Å². The van der Waals surface area contributed by atoms with Gasteiger partial charge in [0.05, 0.1) is 5.69 Å². The average molecular weight is 230 g/mol. The Kier molecular flexibility index (Phi) is 3.01. The zero-order chi connectivity index (χ0) is 12.5. The number of rotatable bonds is 2. The zero-order valence-electron chi connectivity index (χ0n) is 10.8. The topological polar surface area (TPSA) is 38.9 Å². The Morgan fingerprint density at radius 1 is 1.18 bits per heavy atom. The number of aromatic nitrogens is 2. The summed E-state index contributed by atoms with van der Waals surface area (Å²) in [6.07, 6.45) is 1.76. The second-order valence-electron chi connectivity index (χ2n) is 5.42. The maximum Gasteiger partial charge on any atom is 0.140 e. The third-order valence-corrected chi connectivity index (χ3v) is 3.18. The van der Waals surface area contributed by atoms with Crippen molar-refractivity contribution in [1.82, 2.24) is 10.1 Å². The molecule has 1 atom stereocenters. The van der Waals surface area contributed by atoms with Crippen LogP contribution in [0, 0.1) is 5.41 Å². The molecule has 0 aliphatic rings. The third kappa shape index (κ3) is 2.54. The van der Waals surface area contributed by atoms with Crippen LogP contribution < -0.4 is 0 Å². The average Bonchev–Trinajstić information content (AvgIpc) is 2.77. The highest BCUT2D eigenvalue weighted by Gasteiger charge is 2.25. The van der Waals surface area contributed by atoms with Gasteiger partial charge in [-0.3, -0.25) is 4.98 Å². The van der Waals surface area contributed by atoms with Crippen molar-refractivity contribution in [3.63, 3.8) is 0 Å². The summed E-state index contributed by atoms with van der Waals surface area (Å²) in [6, 6.07) is 7.76. The molecule has 0 amide bonds. The summed E-state index contributed by atoms with van der Waals surface area (Å²) in [5.41, 5.74) is 1.82. The van der Waals surface area contributed by atoms with Crippen molar-refractivity contribution in [3.05, 3.63) is 36.2 Å². The predicted octanol–water partition coefficient (Wildman–Crippen LogP) is 3.89. The van der Waals surface area contributed by atoms with Gasteiger partial charge >= 0.3 is 0 Å². The van der Waals surface area contributed by atoms with E-state index < -0.39 is 0 Å². The van der Waals surface area contributed by atoms with E-state index in [2.05, 4.69) is 37.8 Å². The van der Waals surface area contributed by atoms with Crippen molar-refractivity contribution in [1.29, 1.82) is 0 Å². The minimum absolute atomic E-state index is 0.168. The Morgan fingerprint density at radius 2 is 1.94 bits per heavy atom. The summed E-state index contributed by atoms with van der Waals surface area (Å²) >= 11 is 0. The minimum atomic E-state index is 0.168. The lowest BCUT2D eigenvalue weighted by Gasteiger charge is -2.24. The molecule has 0 radical (unpaired) electrons. The van der Waals surface area contributed by atoms with E-state index in [1.165, 1.54) is 0 Å². The number of pyridine rings is 1. The van der Waals surface area contributed by atoms with Gasteiger partial charge in [-0.1, -0.05) is 38.9 Å². The Hall–Kier alpha value is -1.64. The fraction of sp³-hybridized carbons (Fsp3) is 0.429. The normalized spacial score (nSPS) is 13.6. The molecule has 2 heterocycles. The summed E-state index contributed by atoms with van der Waals surface area (Å²) in [5.74, 6) is 1.24. The number of hydrogen-bond donors (Lipinski definition) is 0. The molecular weight excluding hydrogens is 212 g/mol. The van der Waals surface area contributed by atoms with Gasteiger partial charge in [0.1, 0.15) is 11.5 Å². The van der Waals surface area contributed by atoms with Gasteiger partial charge in [0, 0.05) is 18.2 Å². The SMILES string of the molecule is C[C@H](c1cc(-c2ccccn2)no1)C(C)(C)C. The first-order valence-electron chi connectivity index (χ1n) is 5.86. The van der Waals surface area contributed by atoms with Crippen LogP contribution in [0.5, 0.6) is 0 Å². The van der Waals surface area contributed by atoms with E-state index in [4.69, 9.17) is 4.52 Å². The molecular formula is C14H18N2O. The van der Waals surface area contributed by atoms with E-state index in [0.29, 0.717) is 5.92 Å². The van der Waals surface area contributed by atoms with E-state index in [1.807, 2.05) is 24.3 Å². The van der Waals surface area contributed by atoms with Gasteiger partial charge in [0.25, 0.3) is 0 Å². The third-order valence-electron chi connectivity index (χ3n) is 3.18. The van der Waals surface area contributed by atoms with E-state index >= 15 is 0 Å². The first kappa shape index (κ1) is 11.8. The highest BCUT2D eigenvalue weighted by Crippen LogP contribution is 2.35. The van der Waals surface area contributed by atoms with Gasteiger partial charge in [0.15, 0.2) is 0 Å². The quantitative estimate of drug-likeness (QED) is 0.785.